The maximum atomic E-state index is 13.4. The fraction of sp³-hybridized carbons (Fsp3) is 0.423. The van der Waals surface area contributed by atoms with E-state index in [1.54, 1.807) is 36.4 Å². The molecule has 0 aliphatic carbocycles. The van der Waals surface area contributed by atoms with Crippen molar-refractivity contribution in [3.63, 3.8) is 0 Å². The number of phenols is 1. The van der Waals surface area contributed by atoms with Gasteiger partial charge in [-0.15, -0.1) is 0 Å². The Labute approximate surface area is 190 Å². The number of benzene rings is 2. The fourth-order valence-corrected chi connectivity index (χ4v) is 3.87. The van der Waals surface area contributed by atoms with Crippen molar-refractivity contribution >= 4 is 17.5 Å². The van der Waals surface area contributed by atoms with E-state index in [1.807, 2.05) is 19.1 Å². The zero-order valence-electron chi connectivity index (χ0n) is 19.3. The second-order valence-electron chi connectivity index (χ2n) is 8.38. The van der Waals surface area contributed by atoms with Crippen LogP contribution in [-0.2, 0) is 4.79 Å². The van der Waals surface area contributed by atoms with E-state index >= 15 is 0 Å². The lowest BCUT2D eigenvalue weighted by Crippen LogP contribution is -2.40. The Hall–Kier alpha value is -2.99. The normalized spacial score (nSPS) is 16.0. The van der Waals surface area contributed by atoms with E-state index in [4.69, 9.17) is 0 Å². The fourth-order valence-electron chi connectivity index (χ4n) is 3.87. The minimum atomic E-state index is -0.605. The SMILES string of the molecule is CCCCN(CCCC)C[C@@H]1C(=O)N(C(=O)c2ccc(C)cc2)N=C1c1ccccc1O. The topological polar surface area (TPSA) is 73.2 Å². The van der Waals surface area contributed by atoms with Gasteiger partial charge in [-0.05, 0) is 57.1 Å². The molecule has 0 radical (unpaired) electrons. The van der Waals surface area contributed by atoms with E-state index < -0.39 is 11.8 Å². The summed E-state index contributed by atoms with van der Waals surface area (Å²) in [6, 6.07) is 14.0. The van der Waals surface area contributed by atoms with E-state index in [9.17, 15) is 14.7 Å². The molecule has 0 aromatic heterocycles. The summed E-state index contributed by atoms with van der Waals surface area (Å²) in [4.78, 5) is 28.9. The molecule has 32 heavy (non-hydrogen) atoms. The zero-order chi connectivity index (χ0) is 23.1. The minimum Gasteiger partial charge on any atom is -0.507 e. The lowest BCUT2D eigenvalue weighted by Gasteiger charge is -2.25. The van der Waals surface area contributed by atoms with Crippen LogP contribution in [0.4, 0.5) is 0 Å². The number of hydrogen-bond acceptors (Lipinski definition) is 5. The van der Waals surface area contributed by atoms with Gasteiger partial charge in [0, 0.05) is 17.7 Å². The third-order valence-corrected chi connectivity index (χ3v) is 5.81. The number of para-hydroxylation sites is 1. The largest absolute Gasteiger partial charge is 0.507 e. The van der Waals surface area contributed by atoms with E-state index in [0.29, 0.717) is 23.4 Å². The molecule has 6 heteroatoms. The molecule has 0 saturated carbocycles. The van der Waals surface area contributed by atoms with Gasteiger partial charge in [0.25, 0.3) is 11.8 Å². The van der Waals surface area contributed by atoms with Crippen molar-refractivity contribution in [1.29, 1.82) is 0 Å². The first-order valence-electron chi connectivity index (χ1n) is 11.5. The highest BCUT2D eigenvalue weighted by molar-refractivity contribution is 6.22. The number of hydrogen-bond donors (Lipinski definition) is 1. The van der Waals surface area contributed by atoms with Gasteiger partial charge >= 0.3 is 0 Å². The van der Waals surface area contributed by atoms with Crippen LogP contribution in [0.1, 0.15) is 61.0 Å². The molecule has 0 bridgehead atoms. The Balaban J connectivity index is 1.94. The minimum absolute atomic E-state index is 0.0577. The molecular formula is C26H33N3O3. The van der Waals surface area contributed by atoms with Crippen molar-refractivity contribution in [2.24, 2.45) is 11.0 Å². The van der Waals surface area contributed by atoms with Gasteiger partial charge < -0.3 is 10.0 Å². The number of rotatable bonds is 10. The summed E-state index contributed by atoms with van der Waals surface area (Å²) in [6.07, 6.45) is 4.22. The molecule has 2 aromatic carbocycles. The molecule has 1 atom stereocenters. The van der Waals surface area contributed by atoms with Crippen LogP contribution in [0.15, 0.2) is 53.6 Å². The molecule has 2 amide bonds. The Morgan fingerprint density at radius 1 is 1.03 bits per heavy atom. The molecule has 2 aromatic rings. The number of nitrogens with zero attached hydrogens (tertiary/aromatic N) is 3. The standard InChI is InChI=1S/C26H33N3O3/c1-4-6-16-28(17-7-5-2)18-22-24(21-10-8-9-11-23(21)30)27-29(26(22)32)25(31)20-14-12-19(3)13-15-20/h8-15,22,30H,4-7,16-18H2,1-3H3/t22-/m0/s1. The van der Waals surface area contributed by atoms with Crippen LogP contribution in [0.3, 0.4) is 0 Å². The summed E-state index contributed by atoms with van der Waals surface area (Å²) in [5.74, 6) is -1.33. The molecule has 0 spiro atoms. The van der Waals surface area contributed by atoms with Crippen molar-refractivity contribution in [1.82, 2.24) is 9.91 Å². The monoisotopic (exact) mass is 435 g/mol. The predicted octanol–water partition coefficient (Wildman–Crippen LogP) is 4.61. The first-order valence-corrected chi connectivity index (χ1v) is 11.5. The third kappa shape index (κ3) is 5.43. The Morgan fingerprint density at radius 2 is 1.66 bits per heavy atom. The highest BCUT2D eigenvalue weighted by Crippen LogP contribution is 2.28. The molecule has 0 saturated heterocycles. The summed E-state index contributed by atoms with van der Waals surface area (Å²) in [5, 5.41) is 15.9. The van der Waals surface area contributed by atoms with Gasteiger partial charge in [0.15, 0.2) is 0 Å². The number of imide groups is 1. The van der Waals surface area contributed by atoms with Gasteiger partial charge in [0.1, 0.15) is 5.75 Å². The van der Waals surface area contributed by atoms with Gasteiger partial charge in [0.05, 0.1) is 11.6 Å². The van der Waals surface area contributed by atoms with Gasteiger partial charge in [-0.2, -0.15) is 10.1 Å². The van der Waals surface area contributed by atoms with Gasteiger partial charge in [0.2, 0.25) is 0 Å². The number of phenolic OH excluding ortho intramolecular Hbond substituents is 1. The quantitative estimate of drug-likeness (QED) is 0.553. The van der Waals surface area contributed by atoms with Crippen LogP contribution in [-0.4, -0.2) is 52.2 Å². The van der Waals surface area contributed by atoms with Crippen molar-refractivity contribution < 1.29 is 14.7 Å². The lowest BCUT2D eigenvalue weighted by molar-refractivity contribution is -0.129. The number of hydrazone groups is 1. The summed E-state index contributed by atoms with van der Waals surface area (Å²) in [6.45, 7) is 8.50. The van der Waals surface area contributed by atoms with Crippen LogP contribution in [0.25, 0.3) is 0 Å². The van der Waals surface area contributed by atoms with E-state index in [2.05, 4.69) is 23.8 Å². The molecule has 3 rings (SSSR count). The molecule has 1 heterocycles. The zero-order valence-corrected chi connectivity index (χ0v) is 19.3. The van der Waals surface area contributed by atoms with Crippen molar-refractivity contribution in [2.75, 3.05) is 19.6 Å². The van der Waals surface area contributed by atoms with Gasteiger partial charge in [-0.3, -0.25) is 9.59 Å². The second kappa shape index (κ2) is 11.0. The van der Waals surface area contributed by atoms with Crippen molar-refractivity contribution in [2.45, 2.75) is 46.5 Å². The first kappa shape index (κ1) is 23.7. The summed E-state index contributed by atoms with van der Waals surface area (Å²) < 4.78 is 0. The average Bonchev–Trinajstić information content (AvgIpc) is 3.11. The van der Waals surface area contributed by atoms with E-state index in [1.165, 1.54) is 0 Å². The Bertz CT molecular complexity index is 961. The number of amides is 2. The molecular weight excluding hydrogens is 402 g/mol. The third-order valence-electron chi connectivity index (χ3n) is 5.81. The van der Waals surface area contributed by atoms with Crippen LogP contribution in [0.2, 0.25) is 0 Å². The highest BCUT2D eigenvalue weighted by atomic mass is 16.3. The highest BCUT2D eigenvalue weighted by Gasteiger charge is 2.41. The van der Waals surface area contributed by atoms with Crippen LogP contribution in [0, 0.1) is 12.8 Å². The molecule has 0 unspecified atom stereocenters. The molecule has 1 N–H and O–H groups in total. The maximum absolute atomic E-state index is 13.4. The lowest BCUT2D eigenvalue weighted by atomic mass is 9.95. The van der Waals surface area contributed by atoms with Crippen molar-refractivity contribution in [3.05, 3.63) is 65.2 Å². The maximum Gasteiger partial charge on any atom is 0.281 e. The van der Waals surface area contributed by atoms with Crippen LogP contribution >= 0.6 is 0 Å². The van der Waals surface area contributed by atoms with E-state index in [-0.39, 0.29) is 11.7 Å². The Kier molecular flexibility index (Phi) is 8.17. The van der Waals surface area contributed by atoms with Gasteiger partial charge in [-0.25, -0.2) is 0 Å². The Morgan fingerprint density at radius 3 is 2.25 bits per heavy atom. The number of carbonyl (C=O) groups excluding carboxylic acids is 2. The second-order valence-corrected chi connectivity index (χ2v) is 8.38. The number of aryl methyl sites for hydroxylation is 1. The predicted molar refractivity (Wildman–Crippen MR) is 127 cm³/mol. The van der Waals surface area contributed by atoms with Gasteiger partial charge in [-0.1, -0.05) is 56.5 Å². The van der Waals surface area contributed by atoms with E-state index in [0.717, 1.165) is 49.3 Å². The number of carbonyl (C=O) groups is 2. The molecule has 1 aliphatic rings. The number of unbranched alkanes of at least 4 members (excludes halogenated alkanes) is 2. The summed E-state index contributed by atoms with van der Waals surface area (Å²) >= 11 is 0. The molecule has 6 nitrogen and oxygen atoms in total. The molecule has 170 valence electrons. The number of aromatic hydroxyl groups is 1. The molecule has 0 fully saturated rings. The average molecular weight is 436 g/mol. The van der Waals surface area contributed by atoms with Crippen molar-refractivity contribution in [3.8, 4) is 5.75 Å². The smallest absolute Gasteiger partial charge is 0.281 e. The molecule has 1 aliphatic heterocycles. The first-order chi connectivity index (χ1) is 15.5. The van der Waals surface area contributed by atoms with Crippen LogP contribution < -0.4 is 0 Å². The van der Waals surface area contributed by atoms with Crippen LogP contribution in [0.5, 0.6) is 5.75 Å². The summed E-state index contributed by atoms with van der Waals surface area (Å²) in [5.41, 5.74) is 2.40. The summed E-state index contributed by atoms with van der Waals surface area (Å²) in [7, 11) is 0.